The first-order valence-corrected chi connectivity index (χ1v) is 5.57. The lowest BCUT2D eigenvalue weighted by atomic mass is 10.1. The molecule has 0 spiro atoms. The van der Waals surface area contributed by atoms with E-state index in [4.69, 9.17) is 26.2 Å². The number of carbonyl (C=O) groups is 1. The molecular formula is C12H15ClO4. The van der Waals surface area contributed by atoms with E-state index < -0.39 is 5.97 Å². The molecule has 5 heteroatoms. The van der Waals surface area contributed by atoms with Gasteiger partial charge in [-0.25, -0.2) is 0 Å². The predicted molar refractivity (Wildman–Crippen MR) is 65.1 cm³/mol. The SMILES string of the molecule is COc1ccc(Cl)c(CC(=O)O)c1OC(C)C. The first kappa shape index (κ1) is 13.6. The van der Waals surface area contributed by atoms with Crippen LogP contribution in [0.25, 0.3) is 0 Å². The molecule has 0 bridgehead atoms. The van der Waals surface area contributed by atoms with Gasteiger partial charge in [0.2, 0.25) is 0 Å². The fraction of sp³-hybridized carbons (Fsp3) is 0.417. The van der Waals surface area contributed by atoms with Crippen LogP contribution in [0.2, 0.25) is 5.02 Å². The summed E-state index contributed by atoms with van der Waals surface area (Å²) in [7, 11) is 1.50. The summed E-state index contributed by atoms with van der Waals surface area (Å²) in [6, 6.07) is 3.26. The number of aliphatic carboxylic acids is 1. The Morgan fingerprint density at radius 1 is 1.47 bits per heavy atom. The molecule has 17 heavy (non-hydrogen) atoms. The van der Waals surface area contributed by atoms with E-state index in [1.165, 1.54) is 7.11 Å². The Kier molecular flexibility index (Phi) is 4.63. The highest BCUT2D eigenvalue weighted by atomic mass is 35.5. The minimum absolute atomic E-state index is 0.0880. The predicted octanol–water partition coefficient (Wildman–Crippen LogP) is 2.76. The molecule has 1 aromatic carbocycles. The summed E-state index contributed by atoms with van der Waals surface area (Å²) in [4.78, 5) is 10.8. The van der Waals surface area contributed by atoms with Gasteiger partial charge < -0.3 is 14.6 Å². The Morgan fingerprint density at radius 2 is 2.12 bits per heavy atom. The molecule has 0 amide bonds. The van der Waals surface area contributed by atoms with Gasteiger partial charge in [-0.3, -0.25) is 4.79 Å². The summed E-state index contributed by atoms with van der Waals surface area (Å²) in [5.74, 6) is -0.0782. The lowest BCUT2D eigenvalue weighted by Gasteiger charge is -2.17. The van der Waals surface area contributed by atoms with Crippen molar-refractivity contribution in [2.45, 2.75) is 26.4 Å². The summed E-state index contributed by atoms with van der Waals surface area (Å²) in [6.45, 7) is 3.70. The van der Waals surface area contributed by atoms with Crippen molar-refractivity contribution in [1.82, 2.24) is 0 Å². The second-order valence-electron chi connectivity index (χ2n) is 3.79. The molecule has 0 unspecified atom stereocenters. The van der Waals surface area contributed by atoms with E-state index in [0.717, 1.165) is 0 Å². The smallest absolute Gasteiger partial charge is 0.308 e. The van der Waals surface area contributed by atoms with Crippen LogP contribution in [0, 0.1) is 0 Å². The fourth-order valence-electron chi connectivity index (χ4n) is 1.42. The first-order chi connectivity index (χ1) is 7.95. The van der Waals surface area contributed by atoms with E-state index in [1.807, 2.05) is 13.8 Å². The number of ether oxygens (including phenoxy) is 2. The van der Waals surface area contributed by atoms with Gasteiger partial charge in [0.15, 0.2) is 11.5 Å². The maximum Gasteiger partial charge on any atom is 0.308 e. The van der Waals surface area contributed by atoms with Crippen LogP contribution >= 0.6 is 11.6 Å². The van der Waals surface area contributed by atoms with Gasteiger partial charge >= 0.3 is 5.97 Å². The summed E-state index contributed by atoms with van der Waals surface area (Å²) in [5.41, 5.74) is 0.437. The second-order valence-corrected chi connectivity index (χ2v) is 4.20. The van der Waals surface area contributed by atoms with E-state index in [-0.39, 0.29) is 12.5 Å². The van der Waals surface area contributed by atoms with Gasteiger partial charge in [0.25, 0.3) is 0 Å². The highest BCUT2D eigenvalue weighted by Crippen LogP contribution is 2.37. The van der Waals surface area contributed by atoms with Gasteiger partial charge in [0, 0.05) is 10.6 Å². The molecule has 0 aliphatic carbocycles. The topological polar surface area (TPSA) is 55.8 Å². The van der Waals surface area contributed by atoms with Crippen LogP contribution in [-0.2, 0) is 11.2 Å². The zero-order chi connectivity index (χ0) is 13.0. The fourth-order valence-corrected chi connectivity index (χ4v) is 1.64. The minimum Gasteiger partial charge on any atom is -0.493 e. The molecule has 0 aliphatic heterocycles. The highest BCUT2D eigenvalue weighted by molar-refractivity contribution is 6.31. The molecule has 0 aliphatic rings. The molecular weight excluding hydrogens is 244 g/mol. The normalized spacial score (nSPS) is 10.4. The summed E-state index contributed by atoms with van der Waals surface area (Å²) in [5, 5.41) is 9.22. The molecule has 1 N–H and O–H groups in total. The van der Waals surface area contributed by atoms with Crippen LogP contribution in [0.15, 0.2) is 12.1 Å². The Labute approximate surface area is 105 Å². The van der Waals surface area contributed by atoms with Crippen molar-refractivity contribution in [2.24, 2.45) is 0 Å². The lowest BCUT2D eigenvalue weighted by molar-refractivity contribution is -0.136. The molecule has 0 aromatic heterocycles. The number of benzene rings is 1. The third-order valence-corrected chi connectivity index (χ3v) is 2.42. The standard InChI is InChI=1S/C12H15ClO4/c1-7(2)17-12-8(6-11(14)15)9(13)4-5-10(12)16-3/h4-5,7H,6H2,1-3H3,(H,14,15). The Hall–Kier alpha value is -1.42. The largest absolute Gasteiger partial charge is 0.493 e. The maximum absolute atomic E-state index is 10.8. The molecule has 0 saturated carbocycles. The van der Waals surface area contributed by atoms with Gasteiger partial charge in [-0.1, -0.05) is 11.6 Å². The van der Waals surface area contributed by atoms with Crippen molar-refractivity contribution in [3.05, 3.63) is 22.7 Å². The number of hydrogen-bond acceptors (Lipinski definition) is 3. The third-order valence-electron chi connectivity index (χ3n) is 2.07. The number of halogens is 1. The van der Waals surface area contributed by atoms with Crippen LogP contribution in [0.5, 0.6) is 11.5 Å². The number of methoxy groups -OCH3 is 1. The van der Waals surface area contributed by atoms with E-state index >= 15 is 0 Å². The van der Waals surface area contributed by atoms with E-state index in [9.17, 15) is 4.79 Å². The van der Waals surface area contributed by atoms with Gasteiger partial charge in [-0.2, -0.15) is 0 Å². The van der Waals surface area contributed by atoms with Crippen LogP contribution in [0.1, 0.15) is 19.4 Å². The van der Waals surface area contributed by atoms with E-state index in [1.54, 1.807) is 12.1 Å². The van der Waals surface area contributed by atoms with Gasteiger partial charge in [-0.05, 0) is 26.0 Å². The minimum atomic E-state index is -0.964. The summed E-state index contributed by atoms with van der Waals surface area (Å²) >= 11 is 5.99. The number of hydrogen-bond donors (Lipinski definition) is 1. The van der Waals surface area contributed by atoms with Crippen molar-refractivity contribution in [1.29, 1.82) is 0 Å². The third kappa shape index (κ3) is 3.53. The van der Waals surface area contributed by atoms with Gasteiger partial charge in [0.05, 0.1) is 19.6 Å². The van der Waals surface area contributed by atoms with Crippen LogP contribution in [0.4, 0.5) is 0 Å². The van der Waals surface area contributed by atoms with Crippen molar-refractivity contribution in [3.63, 3.8) is 0 Å². The van der Waals surface area contributed by atoms with E-state index in [0.29, 0.717) is 22.1 Å². The molecule has 0 fully saturated rings. The highest BCUT2D eigenvalue weighted by Gasteiger charge is 2.18. The number of carboxylic acids is 1. The summed E-state index contributed by atoms with van der Waals surface area (Å²) < 4.78 is 10.7. The first-order valence-electron chi connectivity index (χ1n) is 5.19. The molecule has 4 nitrogen and oxygen atoms in total. The Bertz CT molecular complexity index is 415. The summed E-state index contributed by atoms with van der Waals surface area (Å²) in [6.07, 6.45) is -0.284. The molecule has 1 aromatic rings. The quantitative estimate of drug-likeness (QED) is 0.882. The average Bonchev–Trinajstić information content (AvgIpc) is 2.22. The molecule has 0 radical (unpaired) electrons. The van der Waals surface area contributed by atoms with Crippen molar-refractivity contribution in [3.8, 4) is 11.5 Å². The van der Waals surface area contributed by atoms with Crippen LogP contribution in [0.3, 0.4) is 0 Å². The van der Waals surface area contributed by atoms with Crippen LogP contribution < -0.4 is 9.47 Å². The maximum atomic E-state index is 10.8. The number of rotatable bonds is 5. The molecule has 0 heterocycles. The second kappa shape index (κ2) is 5.77. The average molecular weight is 259 g/mol. The zero-order valence-corrected chi connectivity index (χ0v) is 10.7. The van der Waals surface area contributed by atoms with Gasteiger partial charge in [-0.15, -0.1) is 0 Å². The number of carboxylic acid groups (broad SMARTS) is 1. The van der Waals surface area contributed by atoms with Crippen LogP contribution in [-0.4, -0.2) is 24.3 Å². The Balaban J connectivity index is 3.25. The molecule has 0 atom stereocenters. The zero-order valence-electron chi connectivity index (χ0n) is 9.99. The van der Waals surface area contributed by atoms with Crippen molar-refractivity contribution < 1.29 is 19.4 Å². The molecule has 0 saturated heterocycles. The Morgan fingerprint density at radius 3 is 2.59 bits per heavy atom. The van der Waals surface area contributed by atoms with Crippen molar-refractivity contribution in [2.75, 3.05) is 7.11 Å². The lowest BCUT2D eigenvalue weighted by Crippen LogP contribution is -2.11. The molecule has 94 valence electrons. The van der Waals surface area contributed by atoms with Crippen molar-refractivity contribution >= 4 is 17.6 Å². The van der Waals surface area contributed by atoms with E-state index in [2.05, 4.69) is 0 Å². The monoisotopic (exact) mass is 258 g/mol. The molecule has 1 rings (SSSR count). The van der Waals surface area contributed by atoms with Gasteiger partial charge in [0.1, 0.15) is 0 Å².